The zero-order valence-electron chi connectivity index (χ0n) is 24.4. The highest BCUT2D eigenvalue weighted by molar-refractivity contribution is 7.88. The third-order valence-electron chi connectivity index (χ3n) is 9.07. The lowest BCUT2D eigenvalue weighted by Crippen LogP contribution is -2.46. The second-order valence-electron chi connectivity index (χ2n) is 12.0. The molecule has 5 rings (SSSR count). The predicted molar refractivity (Wildman–Crippen MR) is 156 cm³/mol. The molecule has 0 spiro atoms. The molecule has 12 heteroatoms. The molecule has 3 aliphatic heterocycles. The average molecular weight is 593 g/mol. The summed E-state index contributed by atoms with van der Waals surface area (Å²) in [6.45, 7) is 8.17. The highest BCUT2D eigenvalue weighted by Gasteiger charge is 2.42. The Hall–Kier alpha value is -2.02. The summed E-state index contributed by atoms with van der Waals surface area (Å²) in [5, 5.41) is 13.1. The number of nitrogens with zero attached hydrogens (tertiary/aromatic N) is 5. The van der Waals surface area contributed by atoms with E-state index in [1.165, 1.54) is 23.4 Å². The average Bonchev–Trinajstić information content (AvgIpc) is 3.61. The van der Waals surface area contributed by atoms with E-state index in [1.54, 1.807) is 18.4 Å². The van der Waals surface area contributed by atoms with Crippen molar-refractivity contribution in [2.75, 3.05) is 33.0 Å². The number of amides is 1. The van der Waals surface area contributed by atoms with Crippen LogP contribution in [0.25, 0.3) is 0 Å². The molecule has 0 aliphatic carbocycles. The first-order valence-corrected chi connectivity index (χ1v) is 17.3. The summed E-state index contributed by atoms with van der Waals surface area (Å²) in [4.78, 5) is 17.1. The van der Waals surface area contributed by atoms with Gasteiger partial charge in [-0.2, -0.15) is 0 Å². The maximum atomic E-state index is 13.4. The van der Waals surface area contributed by atoms with Crippen molar-refractivity contribution in [3.05, 3.63) is 28.7 Å². The molecule has 0 radical (unpaired) electrons. The molecule has 1 unspecified atom stereocenters. The molecule has 2 bridgehead atoms. The van der Waals surface area contributed by atoms with E-state index in [4.69, 9.17) is 4.74 Å². The van der Waals surface area contributed by atoms with Crippen LogP contribution in [0.4, 0.5) is 0 Å². The van der Waals surface area contributed by atoms with Crippen LogP contribution in [-0.4, -0.2) is 83.4 Å². The highest BCUT2D eigenvalue weighted by Crippen LogP contribution is 2.43. The first-order chi connectivity index (χ1) is 19.0. The van der Waals surface area contributed by atoms with E-state index >= 15 is 0 Å². The molecule has 0 saturated carbocycles. The van der Waals surface area contributed by atoms with Crippen molar-refractivity contribution in [3.8, 4) is 5.06 Å². The maximum Gasteiger partial charge on any atom is 0.223 e. The summed E-state index contributed by atoms with van der Waals surface area (Å²) in [6, 6.07) is 5.42. The Labute approximate surface area is 242 Å². The normalized spacial score (nSPS) is 25.4. The summed E-state index contributed by atoms with van der Waals surface area (Å²) in [7, 11) is -1.55. The van der Waals surface area contributed by atoms with Crippen molar-refractivity contribution in [1.29, 1.82) is 0 Å². The Morgan fingerprint density at radius 3 is 2.35 bits per heavy atom. The number of sulfonamides is 1. The molecule has 5 heterocycles. The van der Waals surface area contributed by atoms with Gasteiger partial charge in [0.1, 0.15) is 11.6 Å². The van der Waals surface area contributed by atoms with Gasteiger partial charge >= 0.3 is 0 Å². The van der Waals surface area contributed by atoms with Crippen LogP contribution in [0.3, 0.4) is 0 Å². The Morgan fingerprint density at radius 1 is 1.10 bits per heavy atom. The van der Waals surface area contributed by atoms with Crippen LogP contribution in [0.15, 0.2) is 12.1 Å². The van der Waals surface area contributed by atoms with Gasteiger partial charge < -0.3 is 14.6 Å². The zero-order valence-corrected chi connectivity index (χ0v) is 26.0. The van der Waals surface area contributed by atoms with Gasteiger partial charge in [-0.05, 0) is 64.0 Å². The first kappa shape index (κ1) is 29.5. The van der Waals surface area contributed by atoms with Crippen molar-refractivity contribution >= 4 is 27.3 Å². The summed E-state index contributed by atoms with van der Waals surface area (Å²) in [5.74, 6) is 2.31. The van der Waals surface area contributed by atoms with Crippen LogP contribution < -0.4 is 10.1 Å². The SMILES string of the molecule is COc1ccc([C@H](CCN2[C@@H]3CC[C@H]2CC(n2c(C)nnc2C(C)C)C3)NC(=O)C2CCN(S(C)(=O)=O)CC2)s1. The second-order valence-corrected chi connectivity index (χ2v) is 15.1. The number of rotatable bonds is 10. The van der Waals surface area contributed by atoms with Crippen LogP contribution in [0, 0.1) is 12.8 Å². The molecule has 1 amide bonds. The molecular weight excluding hydrogens is 548 g/mol. The van der Waals surface area contributed by atoms with Crippen molar-refractivity contribution in [2.45, 2.75) is 95.8 Å². The van der Waals surface area contributed by atoms with Gasteiger partial charge in [0, 0.05) is 54.5 Å². The van der Waals surface area contributed by atoms with E-state index in [0.717, 1.165) is 47.4 Å². The Balaban J connectivity index is 1.24. The van der Waals surface area contributed by atoms with E-state index in [-0.39, 0.29) is 17.9 Å². The van der Waals surface area contributed by atoms with Crippen molar-refractivity contribution in [1.82, 2.24) is 29.3 Å². The van der Waals surface area contributed by atoms with Gasteiger partial charge in [-0.15, -0.1) is 21.5 Å². The zero-order chi connectivity index (χ0) is 28.6. The lowest BCUT2D eigenvalue weighted by molar-refractivity contribution is -0.127. The van der Waals surface area contributed by atoms with Gasteiger partial charge in [0.25, 0.3) is 0 Å². The molecule has 10 nitrogen and oxygen atoms in total. The number of thiophene rings is 1. The first-order valence-electron chi connectivity index (χ1n) is 14.6. The van der Waals surface area contributed by atoms with Crippen molar-refractivity contribution in [2.24, 2.45) is 5.92 Å². The molecule has 3 aliphatic rings. The van der Waals surface area contributed by atoms with Gasteiger partial charge in [-0.1, -0.05) is 13.8 Å². The monoisotopic (exact) mass is 592 g/mol. The van der Waals surface area contributed by atoms with E-state index in [0.29, 0.717) is 50.0 Å². The Bertz CT molecular complexity index is 1270. The molecule has 2 aromatic heterocycles. The van der Waals surface area contributed by atoms with E-state index < -0.39 is 10.0 Å². The number of carbonyl (C=O) groups is 1. The number of nitrogens with one attached hydrogen (secondary N) is 1. The number of aryl methyl sites for hydroxylation is 1. The third-order valence-corrected chi connectivity index (χ3v) is 11.5. The Morgan fingerprint density at radius 2 is 1.77 bits per heavy atom. The van der Waals surface area contributed by atoms with Crippen LogP contribution in [0.5, 0.6) is 5.06 Å². The van der Waals surface area contributed by atoms with Crippen molar-refractivity contribution in [3.63, 3.8) is 0 Å². The van der Waals surface area contributed by atoms with Gasteiger partial charge in [0.15, 0.2) is 5.06 Å². The number of carbonyl (C=O) groups excluding carboxylic acids is 1. The molecular formula is C28H44N6O4S2. The fraction of sp³-hybridized carbons (Fsp3) is 0.750. The minimum Gasteiger partial charge on any atom is -0.487 e. The molecule has 3 fully saturated rings. The summed E-state index contributed by atoms with van der Waals surface area (Å²) < 4.78 is 33.1. The molecule has 2 aromatic rings. The quantitative estimate of drug-likeness (QED) is 0.446. The third kappa shape index (κ3) is 6.24. The standard InChI is InChI=1S/C28H44N6O4S2/c1-18(2)27-31-30-19(3)34(27)23-16-21-6-7-22(17-23)33(21)15-12-24(25-8-9-26(38-4)39-25)29-28(35)20-10-13-32(14-11-20)40(5,36)37/h8-9,18,20-24H,6-7,10-17H2,1-5H3,(H,29,35)/t21-,22+,23?,24-/m0/s1. The molecule has 222 valence electrons. The van der Waals surface area contributed by atoms with Crippen LogP contribution in [0.2, 0.25) is 0 Å². The molecule has 0 aromatic carbocycles. The largest absolute Gasteiger partial charge is 0.487 e. The number of hydrogen-bond donors (Lipinski definition) is 1. The van der Waals surface area contributed by atoms with E-state index in [2.05, 4.69) is 51.8 Å². The van der Waals surface area contributed by atoms with Gasteiger partial charge in [0.2, 0.25) is 15.9 Å². The maximum absolute atomic E-state index is 13.4. The Kier molecular flexibility index (Phi) is 8.89. The van der Waals surface area contributed by atoms with Gasteiger partial charge in [-0.3, -0.25) is 9.69 Å². The summed E-state index contributed by atoms with van der Waals surface area (Å²) in [5.41, 5.74) is 0. The predicted octanol–water partition coefficient (Wildman–Crippen LogP) is 3.87. The summed E-state index contributed by atoms with van der Waals surface area (Å²) in [6.07, 6.45) is 7.81. The lowest BCUT2D eigenvalue weighted by Gasteiger charge is -2.40. The smallest absolute Gasteiger partial charge is 0.223 e. The van der Waals surface area contributed by atoms with Crippen LogP contribution >= 0.6 is 11.3 Å². The molecule has 4 atom stereocenters. The topological polar surface area (TPSA) is 110 Å². The van der Waals surface area contributed by atoms with E-state index in [9.17, 15) is 13.2 Å². The number of methoxy groups -OCH3 is 1. The minimum atomic E-state index is -3.22. The lowest BCUT2D eigenvalue weighted by atomic mass is 9.95. The molecule has 3 saturated heterocycles. The number of piperidine rings is 2. The van der Waals surface area contributed by atoms with Crippen LogP contribution in [-0.2, 0) is 14.8 Å². The van der Waals surface area contributed by atoms with Crippen molar-refractivity contribution < 1.29 is 17.9 Å². The highest BCUT2D eigenvalue weighted by atomic mass is 32.2. The number of hydrogen-bond acceptors (Lipinski definition) is 8. The number of ether oxygens (including phenoxy) is 1. The number of fused-ring (bicyclic) bond motifs is 2. The fourth-order valence-electron chi connectivity index (χ4n) is 6.99. The summed E-state index contributed by atoms with van der Waals surface area (Å²) >= 11 is 1.58. The fourth-order valence-corrected chi connectivity index (χ4v) is 8.77. The molecule has 1 N–H and O–H groups in total. The van der Waals surface area contributed by atoms with Gasteiger partial charge in [0.05, 0.1) is 19.4 Å². The minimum absolute atomic E-state index is 0.0245. The van der Waals surface area contributed by atoms with Crippen LogP contribution in [0.1, 0.15) is 93.3 Å². The number of aromatic nitrogens is 3. The van der Waals surface area contributed by atoms with E-state index in [1.807, 2.05) is 6.07 Å². The second kappa shape index (κ2) is 12.1. The molecule has 40 heavy (non-hydrogen) atoms. The van der Waals surface area contributed by atoms with Gasteiger partial charge in [-0.25, -0.2) is 12.7 Å².